The summed E-state index contributed by atoms with van der Waals surface area (Å²) in [5, 5.41) is 3.68. The van der Waals surface area contributed by atoms with Crippen molar-refractivity contribution in [1.82, 2.24) is 9.97 Å². The van der Waals surface area contributed by atoms with Crippen molar-refractivity contribution in [2.75, 3.05) is 17.6 Å². The maximum atomic E-state index is 5.93. The number of halogens is 1. The lowest BCUT2D eigenvalue weighted by molar-refractivity contribution is 0.376. The van der Waals surface area contributed by atoms with E-state index >= 15 is 0 Å². The third-order valence-corrected chi connectivity index (χ3v) is 2.73. The first-order valence-electron chi connectivity index (χ1n) is 4.96. The first-order valence-corrected chi connectivity index (χ1v) is 5.34. The second-order valence-corrected chi connectivity index (χ2v) is 4.70. The Hall–Kier alpha value is -1.03. The van der Waals surface area contributed by atoms with E-state index in [9.17, 15) is 0 Å². The molecule has 4 nitrogen and oxygen atoms in total. The fourth-order valence-electron chi connectivity index (χ4n) is 0.953. The van der Waals surface area contributed by atoms with Crippen LogP contribution in [0.2, 0.25) is 5.02 Å². The summed E-state index contributed by atoms with van der Waals surface area (Å²) in [5.41, 5.74) is 5.69. The Kier molecular flexibility index (Phi) is 3.74. The number of nitrogens with zero attached hydrogens (tertiary/aromatic N) is 2. The molecule has 0 aromatic carbocycles. The fraction of sp³-hybridized carbons (Fsp3) is 0.600. The standard InChI is InChI=1S/C10H17ClN4/c1-4-10(2,3)6-14-8-7(11)5-13-9(12)15-8/h5H,4,6H2,1-3H3,(H3,12,13,14,15). The Morgan fingerprint density at radius 2 is 2.20 bits per heavy atom. The molecule has 5 heteroatoms. The maximum absolute atomic E-state index is 5.93. The Labute approximate surface area is 95.3 Å². The molecule has 0 aliphatic rings. The molecule has 3 N–H and O–H groups in total. The van der Waals surface area contributed by atoms with Gasteiger partial charge in [0.25, 0.3) is 0 Å². The molecule has 0 saturated heterocycles. The van der Waals surface area contributed by atoms with Crippen molar-refractivity contribution in [3.8, 4) is 0 Å². The largest absolute Gasteiger partial charge is 0.368 e. The van der Waals surface area contributed by atoms with Crippen molar-refractivity contribution in [2.24, 2.45) is 5.41 Å². The summed E-state index contributed by atoms with van der Waals surface area (Å²) in [4.78, 5) is 7.83. The number of anilines is 2. The van der Waals surface area contributed by atoms with E-state index in [1.165, 1.54) is 6.20 Å². The quantitative estimate of drug-likeness (QED) is 0.832. The van der Waals surface area contributed by atoms with Gasteiger partial charge in [-0.25, -0.2) is 4.98 Å². The Bertz CT molecular complexity index is 338. The maximum Gasteiger partial charge on any atom is 0.222 e. The number of aromatic nitrogens is 2. The highest BCUT2D eigenvalue weighted by Crippen LogP contribution is 2.23. The summed E-state index contributed by atoms with van der Waals surface area (Å²) in [5.74, 6) is 0.835. The van der Waals surface area contributed by atoms with Gasteiger partial charge in [0.2, 0.25) is 5.95 Å². The molecule has 0 aliphatic heterocycles. The van der Waals surface area contributed by atoms with E-state index in [1.54, 1.807) is 0 Å². The summed E-state index contributed by atoms with van der Waals surface area (Å²) >= 11 is 5.93. The molecule has 0 saturated carbocycles. The zero-order valence-corrected chi connectivity index (χ0v) is 10.1. The molecule has 0 fully saturated rings. The first-order chi connectivity index (χ1) is 6.94. The highest BCUT2D eigenvalue weighted by molar-refractivity contribution is 6.32. The van der Waals surface area contributed by atoms with Crippen LogP contribution in [0.4, 0.5) is 11.8 Å². The molecule has 1 heterocycles. The summed E-state index contributed by atoms with van der Waals surface area (Å²) in [6.07, 6.45) is 2.59. The molecular formula is C10H17ClN4. The van der Waals surface area contributed by atoms with Gasteiger partial charge in [-0.1, -0.05) is 32.4 Å². The summed E-state index contributed by atoms with van der Waals surface area (Å²) in [7, 11) is 0. The molecule has 0 atom stereocenters. The van der Waals surface area contributed by atoms with Crippen molar-refractivity contribution >= 4 is 23.4 Å². The van der Waals surface area contributed by atoms with E-state index in [-0.39, 0.29) is 11.4 Å². The first kappa shape index (κ1) is 12.0. The van der Waals surface area contributed by atoms with Crippen molar-refractivity contribution in [2.45, 2.75) is 27.2 Å². The monoisotopic (exact) mass is 228 g/mol. The number of hydrogen-bond acceptors (Lipinski definition) is 4. The fourth-order valence-corrected chi connectivity index (χ4v) is 1.11. The minimum absolute atomic E-state index is 0.211. The molecule has 1 rings (SSSR count). The number of nitrogens with two attached hydrogens (primary N) is 1. The predicted octanol–water partition coefficient (Wildman–Crippen LogP) is 2.56. The van der Waals surface area contributed by atoms with Crippen LogP contribution in [0.1, 0.15) is 27.2 Å². The van der Waals surface area contributed by atoms with Crippen LogP contribution in [-0.2, 0) is 0 Å². The number of nitrogen functional groups attached to an aromatic ring is 1. The SMILES string of the molecule is CCC(C)(C)CNc1nc(N)ncc1Cl. The van der Waals surface area contributed by atoms with E-state index in [1.807, 2.05) is 0 Å². The molecule has 0 unspecified atom stereocenters. The van der Waals surface area contributed by atoms with Crippen molar-refractivity contribution in [3.05, 3.63) is 11.2 Å². The second-order valence-electron chi connectivity index (χ2n) is 4.30. The normalized spacial score (nSPS) is 11.5. The molecule has 0 aliphatic carbocycles. The molecule has 0 bridgehead atoms. The van der Waals surface area contributed by atoms with Crippen LogP contribution in [0.3, 0.4) is 0 Å². The zero-order chi connectivity index (χ0) is 11.5. The Morgan fingerprint density at radius 3 is 2.80 bits per heavy atom. The van der Waals surface area contributed by atoms with E-state index in [4.69, 9.17) is 17.3 Å². The van der Waals surface area contributed by atoms with Gasteiger partial charge >= 0.3 is 0 Å². The summed E-state index contributed by atoms with van der Waals surface area (Å²) in [6, 6.07) is 0. The summed E-state index contributed by atoms with van der Waals surface area (Å²) < 4.78 is 0. The zero-order valence-electron chi connectivity index (χ0n) is 9.34. The second kappa shape index (κ2) is 4.66. The third-order valence-electron chi connectivity index (χ3n) is 2.45. The number of hydrogen-bond donors (Lipinski definition) is 2. The highest BCUT2D eigenvalue weighted by Gasteiger charge is 2.15. The van der Waals surface area contributed by atoms with Crippen molar-refractivity contribution in [3.63, 3.8) is 0 Å². The molecule has 15 heavy (non-hydrogen) atoms. The Balaban J connectivity index is 2.69. The van der Waals surface area contributed by atoms with Gasteiger partial charge in [0, 0.05) is 6.54 Å². The van der Waals surface area contributed by atoms with Gasteiger partial charge in [0.15, 0.2) is 0 Å². The highest BCUT2D eigenvalue weighted by atomic mass is 35.5. The van der Waals surface area contributed by atoms with Gasteiger partial charge in [-0.15, -0.1) is 0 Å². The van der Waals surface area contributed by atoms with Crippen LogP contribution in [0.15, 0.2) is 6.20 Å². The van der Waals surface area contributed by atoms with Crippen LogP contribution in [0.5, 0.6) is 0 Å². The van der Waals surface area contributed by atoms with Gasteiger partial charge in [-0.05, 0) is 11.8 Å². The summed E-state index contributed by atoms with van der Waals surface area (Å²) in [6.45, 7) is 7.31. The van der Waals surface area contributed by atoms with Crippen LogP contribution in [-0.4, -0.2) is 16.5 Å². The van der Waals surface area contributed by atoms with Crippen molar-refractivity contribution in [1.29, 1.82) is 0 Å². The van der Waals surface area contributed by atoms with Gasteiger partial charge in [0.05, 0.1) is 6.20 Å². The number of rotatable bonds is 4. The lowest BCUT2D eigenvalue weighted by atomic mass is 9.90. The molecule has 0 amide bonds. The molecule has 0 spiro atoms. The Morgan fingerprint density at radius 1 is 1.53 bits per heavy atom. The molecule has 84 valence electrons. The molecule has 0 radical (unpaired) electrons. The van der Waals surface area contributed by atoms with Gasteiger partial charge in [-0.3, -0.25) is 0 Å². The number of nitrogens with one attached hydrogen (secondary N) is 1. The minimum Gasteiger partial charge on any atom is -0.368 e. The molecule has 1 aromatic heterocycles. The van der Waals surface area contributed by atoms with Crippen LogP contribution in [0.25, 0.3) is 0 Å². The van der Waals surface area contributed by atoms with Crippen LogP contribution in [0, 0.1) is 5.41 Å². The van der Waals surface area contributed by atoms with E-state index in [2.05, 4.69) is 36.1 Å². The molecular weight excluding hydrogens is 212 g/mol. The van der Waals surface area contributed by atoms with Gasteiger partial charge in [-0.2, -0.15) is 4.98 Å². The topological polar surface area (TPSA) is 63.8 Å². The van der Waals surface area contributed by atoms with Gasteiger partial charge in [0.1, 0.15) is 10.8 Å². The average molecular weight is 229 g/mol. The molecule has 1 aromatic rings. The minimum atomic E-state index is 0.211. The lowest BCUT2D eigenvalue weighted by Crippen LogP contribution is -2.22. The van der Waals surface area contributed by atoms with Crippen LogP contribution >= 0.6 is 11.6 Å². The van der Waals surface area contributed by atoms with Gasteiger partial charge < -0.3 is 11.1 Å². The lowest BCUT2D eigenvalue weighted by Gasteiger charge is -2.23. The smallest absolute Gasteiger partial charge is 0.222 e. The van der Waals surface area contributed by atoms with Crippen LogP contribution < -0.4 is 11.1 Å². The average Bonchev–Trinajstić information content (AvgIpc) is 2.20. The van der Waals surface area contributed by atoms with Crippen molar-refractivity contribution < 1.29 is 0 Å². The van der Waals surface area contributed by atoms with E-state index < -0.39 is 0 Å². The van der Waals surface area contributed by atoms with E-state index in [0.717, 1.165) is 13.0 Å². The van der Waals surface area contributed by atoms with E-state index in [0.29, 0.717) is 10.8 Å². The third kappa shape index (κ3) is 3.55. The predicted molar refractivity (Wildman–Crippen MR) is 64.0 cm³/mol.